The summed E-state index contributed by atoms with van der Waals surface area (Å²) in [5.74, 6) is -1.78. The Balaban J connectivity index is 2.33. The summed E-state index contributed by atoms with van der Waals surface area (Å²) in [7, 11) is -2.73. The number of nitrogens with zero attached hydrogens (tertiary/aromatic N) is 2. The van der Waals surface area contributed by atoms with Gasteiger partial charge in [-0.25, -0.2) is 21.6 Å². The molecule has 0 atom stereocenters. The maximum Gasteiger partial charge on any atom is 0.255 e. The second kappa shape index (κ2) is 9.52. The molecule has 0 aromatic heterocycles. The third kappa shape index (κ3) is 5.43. The topological polar surface area (TPSA) is 66.9 Å². The Morgan fingerprint density at radius 1 is 1.26 bits per heavy atom. The van der Waals surface area contributed by atoms with Gasteiger partial charge < -0.3 is 9.64 Å². The van der Waals surface area contributed by atoms with Gasteiger partial charge >= 0.3 is 0 Å². The van der Waals surface area contributed by atoms with E-state index >= 15 is 0 Å². The fourth-order valence-corrected chi connectivity index (χ4v) is 4.51. The molecule has 0 bridgehead atoms. The van der Waals surface area contributed by atoms with Gasteiger partial charge in [0, 0.05) is 32.3 Å². The number of sulfonamides is 1. The molecule has 1 aliphatic heterocycles. The number of benzene rings is 1. The first kappa shape index (κ1) is 21.6. The highest BCUT2D eigenvalue weighted by Crippen LogP contribution is 2.24. The molecule has 0 radical (unpaired) electrons. The molecule has 6 nitrogen and oxygen atoms in total. The highest BCUT2D eigenvalue weighted by molar-refractivity contribution is 7.89. The molecular weight excluding hydrogens is 385 g/mol. The minimum atomic E-state index is -4.10. The predicted octanol–water partition coefficient (Wildman–Crippen LogP) is 2.35. The van der Waals surface area contributed by atoms with Crippen molar-refractivity contribution in [1.82, 2.24) is 9.21 Å². The van der Waals surface area contributed by atoms with Crippen LogP contribution in [0.5, 0.6) is 0 Å². The number of hydrogen-bond acceptors (Lipinski definition) is 4. The fourth-order valence-electron chi connectivity index (χ4n) is 2.90. The second-order valence-corrected chi connectivity index (χ2v) is 8.15. The summed E-state index contributed by atoms with van der Waals surface area (Å²) >= 11 is 0. The third-order valence-corrected chi connectivity index (χ3v) is 6.24. The zero-order valence-electron chi connectivity index (χ0n) is 15.0. The molecule has 1 aliphatic rings. The molecule has 0 unspecified atom stereocenters. The van der Waals surface area contributed by atoms with Crippen LogP contribution in [0.15, 0.2) is 23.1 Å². The maximum absolute atomic E-state index is 14.2. The number of methoxy groups -OCH3 is 1. The van der Waals surface area contributed by atoms with Crippen LogP contribution in [-0.2, 0) is 14.8 Å². The van der Waals surface area contributed by atoms with Crippen molar-refractivity contribution in [3.8, 4) is 0 Å². The van der Waals surface area contributed by atoms with E-state index in [1.807, 2.05) is 0 Å². The molecule has 1 aromatic rings. The van der Waals surface area contributed by atoms with Crippen LogP contribution >= 0.6 is 0 Å². The lowest BCUT2D eigenvalue weighted by molar-refractivity contribution is 0.0478. The summed E-state index contributed by atoms with van der Waals surface area (Å²) in [6, 6.07) is 2.89. The van der Waals surface area contributed by atoms with Crippen LogP contribution in [-0.4, -0.2) is 69.9 Å². The molecule has 1 heterocycles. The third-order valence-electron chi connectivity index (χ3n) is 4.32. The maximum atomic E-state index is 14.2. The van der Waals surface area contributed by atoms with E-state index in [9.17, 15) is 26.4 Å². The van der Waals surface area contributed by atoms with E-state index in [1.165, 1.54) is 11.4 Å². The number of ether oxygens (including phenoxy) is 1. The van der Waals surface area contributed by atoms with E-state index in [4.69, 9.17) is 4.74 Å². The quantitative estimate of drug-likeness (QED) is 0.662. The molecule has 10 heteroatoms. The first-order chi connectivity index (χ1) is 12.8. The number of piperidine rings is 1. The molecule has 0 N–H and O–H groups in total. The largest absolute Gasteiger partial charge is 0.383 e. The van der Waals surface area contributed by atoms with E-state index < -0.39 is 39.6 Å². The lowest BCUT2D eigenvalue weighted by Gasteiger charge is -2.26. The van der Waals surface area contributed by atoms with Crippen molar-refractivity contribution in [2.75, 3.05) is 39.9 Å². The van der Waals surface area contributed by atoms with Crippen LogP contribution in [0.3, 0.4) is 0 Å². The standard InChI is InChI=1S/C17H23F3N2O4S/c1-26-10-9-21(12-16(19)20)17(23)13-5-6-14(18)15(11-13)27(24,25)22-7-3-2-4-8-22/h5-6,11,16H,2-4,7-10,12H2,1H3. The Kier molecular flexibility index (Phi) is 7.63. The number of carbonyl (C=O) groups is 1. The summed E-state index contributed by atoms with van der Waals surface area (Å²) < 4.78 is 71.2. The predicted molar refractivity (Wildman–Crippen MR) is 92.8 cm³/mol. The first-order valence-corrected chi connectivity index (χ1v) is 10.1. The van der Waals surface area contributed by atoms with Crippen molar-refractivity contribution in [3.63, 3.8) is 0 Å². The van der Waals surface area contributed by atoms with Gasteiger partial charge in [0.25, 0.3) is 12.3 Å². The lowest BCUT2D eigenvalue weighted by atomic mass is 10.2. The van der Waals surface area contributed by atoms with Crippen LogP contribution in [0.25, 0.3) is 0 Å². The molecule has 27 heavy (non-hydrogen) atoms. The zero-order valence-corrected chi connectivity index (χ0v) is 15.9. The number of carbonyl (C=O) groups excluding carboxylic acids is 1. The average molecular weight is 408 g/mol. The van der Waals surface area contributed by atoms with Gasteiger partial charge in [0.2, 0.25) is 10.0 Å². The number of amides is 1. The van der Waals surface area contributed by atoms with Crippen LogP contribution in [0, 0.1) is 5.82 Å². The molecule has 1 fully saturated rings. The van der Waals surface area contributed by atoms with Crippen LogP contribution in [0.1, 0.15) is 29.6 Å². The van der Waals surface area contributed by atoms with Crippen molar-refractivity contribution < 1.29 is 31.1 Å². The van der Waals surface area contributed by atoms with E-state index in [1.54, 1.807) is 0 Å². The summed E-state index contributed by atoms with van der Waals surface area (Å²) in [5, 5.41) is 0. The molecule has 0 saturated carbocycles. The summed E-state index contributed by atoms with van der Waals surface area (Å²) in [5.41, 5.74) is -0.163. The fraction of sp³-hybridized carbons (Fsp3) is 0.588. The van der Waals surface area contributed by atoms with Crippen molar-refractivity contribution in [2.45, 2.75) is 30.6 Å². The van der Waals surface area contributed by atoms with E-state index in [2.05, 4.69) is 0 Å². The van der Waals surface area contributed by atoms with Gasteiger partial charge in [0.15, 0.2) is 0 Å². The Bertz CT molecular complexity index is 753. The van der Waals surface area contributed by atoms with Crippen molar-refractivity contribution in [1.29, 1.82) is 0 Å². The minimum Gasteiger partial charge on any atom is -0.383 e. The summed E-state index contributed by atoms with van der Waals surface area (Å²) in [6.07, 6.45) is -0.505. The first-order valence-electron chi connectivity index (χ1n) is 8.63. The van der Waals surface area contributed by atoms with Gasteiger partial charge in [0.05, 0.1) is 13.2 Å². The molecule has 0 spiro atoms. The van der Waals surface area contributed by atoms with Crippen molar-refractivity contribution >= 4 is 15.9 Å². The normalized spacial score (nSPS) is 15.9. The highest BCUT2D eigenvalue weighted by atomic mass is 32.2. The monoisotopic (exact) mass is 408 g/mol. The molecule has 0 aliphatic carbocycles. The van der Waals surface area contributed by atoms with Gasteiger partial charge in [-0.1, -0.05) is 6.42 Å². The Morgan fingerprint density at radius 2 is 1.93 bits per heavy atom. The second-order valence-electron chi connectivity index (χ2n) is 6.24. The molecule has 1 amide bonds. The highest BCUT2D eigenvalue weighted by Gasteiger charge is 2.30. The molecular formula is C17H23F3N2O4S. The van der Waals surface area contributed by atoms with Gasteiger partial charge in [0.1, 0.15) is 10.7 Å². The van der Waals surface area contributed by atoms with Gasteiger partial charge in [-0.15, -0.1) is 0 Å². The molecule has 152 valence electrons. The SMILES string of the molecule is COCCN(CC(F)F)C(=O)c1ccc(F)c(S(=O)(=O)N2CCCCC2)c1. The smallest absolute Gasteiger partial charge is 0.255 e. The lowest BCUT2D eigenvalue weighted by Crippen LogP contribution is -2.38. The molecule has 1 saturated heterocycles. The minimum absolute atomic E-state index is 0.0403. The number of halogens is 3. The Morgan fingerprint density at radius 3 is 2.52 bits per heavy atom. The van der Waals surface area contributed by atoms with Gasteiger partial charge in [-0.05, 0) is 31.0 Å². The van der Waals surface area contributed by atoms with Crippen molar-refractivity contribution in [2.24, 2.45) is 0 Å². The summed E-state index contributed by atoms with van der Waals surface area (Å²) in [6.45, 7) is -0.311. The Labute approximate surface area is 156 Å². The van der Waals surface area contributed by atoms with Crippen LogP contribution in [0.4, 0.5) is 13.2 Å². The number of rotatable bonds is 8. The van der Waals surface area contributed by atoms with Crippen molar-refractivity contribution in [3.05, 3.63) is 29.6 Å². The van der Waals surface area contributed by atoms with Gasteiger partial charge in [-0.2, -0.15) is 4.31 Å². The zero-order chi connectivity index (χ0) is 20.0. The average Bonchev–Trinajstić information content (AvgIpc) is 2.65. The van der Waals surface area contributed by atoms with Crippen LogP contribution in [0.2, 0.25) is 0 Å². The number of alkyl halides is 2. The van der Waals surface area contributed by atoms with E-state index in [0.717, 1.165) is 29.5 Å². The molecule has 1 aromatic carbocycles. The summed E-state index contributed by atoms with van der Waals surface area (Å²) in [4.78, 5) is 12.8. The Hall–Kier alpha value is -1.65. The molecule has 2 rings (SSSR count). The van der Waals surface area contributed by atoms with E-state index in [-0.39, 0.29) is 31.8 Å². The van der Waals surface area contributed by atoms with Gasteiger partial charge in [-0.3, -0.25) is 4.79 Å². The van der Waals surface area contributed by atoms with E-state index in [0.29, 0.717) is 12.8 Å². The number of hydrogen-bond donors (Lipinski definition) is 0. The van der Waals surface area contributed by atoms with Crippen LogP contribution < -0.4 is 0 Å².